The Bertz CT molecular complexity index is 1280. The van der Waals surface area contributed by atoms with E-state index >= 15 is 0 Å². The lowest BCUT2D eigenvalue weighted by Crippen LogP contribution is -2.08. The van der Waals surface area contributed by atoms with Crippen LogP contribution in [0.25, 0.3) is 21.3 Å². The molecule has 0 N–H and O–H groups in total. The SMILES string of the molecule is CCc1cc2nccc(-c3cc(Cl)cc4c3O[C@@H](c3onc5c3CCCC5)C4)c2s1. The maximum atomic E-state index is 6.55. The molecule has 4 heterocycles. The number of rotatable bonds is 3. The van der Waals surface area contributed by atoms with Crippen molar-refractivity contribution in [2.45, 2.75) is 51.6 Å². The minimum absolute atomic E-state index is 0.140. The van der Waals surface area contributed by atoms with E-state index in [9.17, 15) is 0 Å². The van der Waals surface area contributed by atoms with Crippen molar-refractivity contribution in [2.24, 2.45) is 0 Å². The Hall–Kier alpha value is -2.37. The number of aryl methyl sites for hydroxylation is 2. The van der Waals surface area contributed by atoms with Crippen molar-refractivity contribution < 1.29 is 9.26 Å². The van der Waals surface area contributed by atoms with Crippen molar-refractivity contribution in [1.29, 1.82) is 0 Å². The Morgan fingerprint density at radius 2 is 2.07 bits per heavy atom. The summed E-state index contributed by atoms with van der Waals surface area (Å²) in [7, 11) is 0. The molecule has 0 saturated heterocycles. The predicted molar refractivity (Wildman–Crippen MR) is 120 cm³/mol. The van der Waals surface area contributed by atoms with Gasteiger partial charge < -0.3 is 9.26 Å². The summed E-state index contributed by atoms with van der Waals surface area (Å²) < 4.78 is 13.5. The highest BCUT2D eigenvalue weighted by Gasteiger charge is 2.34. The number of halogens is 1. The molecule has 152 valence electrons. The maximum absolute atomic E-state index is 6.55. The Balaban J connectivity index is 1.45. The van der Waals surface area contributed by atoms with Gasteiger partial charge >= 0.3 is 0 Å². The molecule has 2 aliphatic rings. The first-order valence-electron chi connectivity index (χ1n) is 10.6. The molecule has 1 atom stereocenters. The molecule has 6 rings (SSSR count). The van der Waals surface area contributed by atoms with Crippen LogP contribution in [0.1, 0.15) is 53.3 Å². The number of nitrogens with zero attached hydrogens (tertiary/aromatic N) is 2. The van der Waals surface area contributed by atoms with Gasteiger partial charge in [0.05, 0.1) is 15.9 Å². The summed E-state index contributed by atoms with van der Waals surface area (Å²) in [4.78, 5) is 5.90. The van der Waals surface area contributed by atoms with Crippen LogP contribution in [0, 0.1) is 0 Å². The first kappa shape index (κ1) is 18.4. The van der Waals surface area contributed by atoms with Crippen LogP contribution in [0.3, 0.4) is 0 Å². The molecule has 1 aromatic carbocycles. The fraction of sp³-hybridized carbons (Fsp3) is 0.333. The van der Waals surface area contributed by atoms with Gasteiger partial charge in [-0.3, -0.25) is 4.98 Å². The van der Waals surface area contributed by atoms with Gasteiger partial charge in [0, 0.05) is 44.8 Å². The number of pyridine rings is 1. The molecule has 4 nitrogen and oxygen atoms in total. The van der Waals surface area contributed by atoms with E-state index in [0.717, 1.165) is 70.1 Å². The molecule has 1 aliphatic carbocycles. The molecule has 1 aliphatic heterocycles. The van der Waals surface area contributed by atoms with E-state index in [2.05, 4.69) is 29.2 Å². The molecule has 0 saturated carbocycles. The number of hydrogen-bond acceptors (Lipinski definition) is 5. The van der Waals surface area contributed by atoms with E-state index in [-0.39, 0.29) is 6.10 Å². The highest BCUT2D eigenvalue weighted by Crippen LogP contribution is 2.48. The summed E-state index contributed by atoms with van der Waals surface area (Å²) in [5.41, 5.74) is 6.68. The lowest BCUT2D eigenvalue weighted by molar-refractivity contribution is 0.189. The molecule has 3 aromatic heterocycles. The first-order chi connectivity index (χ1) is 14.7. The van der Waals surface area contributed by atoms with E-state index in [4.69, 9.17) is 20.9 Å². The fourth-order valence-corrected chi connectivity index (χ4v) is 6.03. The topological polar surface area (TPSA) is 48.2 Å². The Morgan fingerprint density at radius 3 is 2.97 bits per heavy atom. The second kappa shape index (κ2) is 7.10. The number of hydrogen-bond donors (Lipinski definition) is 0. The van der Waals surface area contributed by atoms with Crippen molar-refractivity contribution in [1.82, 2.24) is 10.1 Å². The summed E-state index contributed by atoms with van der Waals surface area (Å²) in [6.07, 6.45) is 7.89. The second-order valence-corrected chi connectivity index (χ2v) is 9.64. The van der Waals surface area contributed by atoms with Crippen molar-refractivity contribution in [3.05, 3.63) is 62.9 Å². The van der Waals surface area contributed by atoms with Gasteiger partial charge in [0.15, 0.2) is 11.9 Å². The maximum Gasteiger partial charge on any atom is 0.181 e. The van der Waals surface area contributed by atoms with Gasteiger partial charge in [-0.25, -0.2) is 0 Å². The number of aromatic nitrogens is 2. The molecule has 0 bridgehead atoms. The summed E-state index contributed by atoms with van der Waals surface area (Å²) in [5.74, 6) is 1.80. The van der Waals surface area contributed by atoms with Gasteiger partial charge in [-0.2, -0.15) is 0 Å². The molecule has 0 amide bonds. The molecule has 30 heavy (non-hydrogen) atoms. The Morgan fingerprint density at radius 1 is 1.17 bits per heavy atom. The number of benzene rings is 1. The first-order valence-corrected chi connectivity index (χ1v) is 11.7. The lowest BCUT2D eigenvalue weighted by Gasteiger charge is -2.14. The minimum Gasteiger partial charge on any atom is -0.481 e. The quantitative estimate of drug-likeness (QED) is 0.357. The molecule has 6 heteroatoms. The molecule has 4 aromatic rings. The third kappa shape index (κ3) is 2.87. The highest BCUT2D eigenvalue weighted by molar-refractivity contribution is 7.19. The Kier molecular flexibility index (Phi) is 4.36. The van der Waals surface area contributed by atoms with Gasteiger partial charge in [0.25, 0.3) is 0 Å². The Labute approximate surface area is 183 Å². The third-order valence-corrected chi connectivity index (χ3v) is 7.70. The zero-order valence-electron chi connectivity index (χ0n) is 16.7. The average Bonchev–Trinajstić information content (AvgIpc) is 3.48. The van der Waals surface area contributed by atoms with E-state index in [0.29, 0.717) is 0 Å². The molecular formula is C24H21ClN2O2S. The van der Waals surface area contributed by atoms with E-state index in [1.165, 1.54) is 28.0 Å². The van der Waals surface area contributed by atoms with Gasteiger partial charge in [0.2, 0.25) is 0 Å². The van der Waals surface area contributed by atoms with Crippen LogP contribution in [0.15, 0.2) is 35.0 Å². The van der Waals surface area contributed by atoms with Crippen molar-refractivity contribution >= 4 is 33.2 Å². The number of thiophene rings is 1. The van der Waals surface area contributed by atoms with E-state index in [1.54, 1.807) is 11.3 Å². The number of fused-ring (bicyclic) bond motifs is 3. The third-order valence-electron chi connectivity index (χ3n) is 6.18. The van der Waals surface area contributed by atoms with Crippen LogP contribution in [0.5, 0.6) is 5.75 Å². The normalized spacial score (nSPS) is 17.7. The van der Waals surface area contributed by atoms with E-state index in [1.807, 2.05) is 18.3 Å². The van der Waals surface area contributed by atoms with Crippen molar-refractivity contribution in [3.8, 4) is 16.9 Å². The largest absolute Gasteiger partial charge is 0.481 e. The standard InChI is InChI=1S/C24H21ClN2O2S/c1-2-15-12-20-24(30-15)16(7-8-26-20)18-11-14(25)9-13-10-21(28-22(13)18)23-17-5-3-4-6-19(17)27-29-23/h7-9,11-12,21H,2-6,10H2,1H3/t21-/m1/s1. The van der Waals surface area contributed by atoms with Gasteiger partial charge in [-0.1, -0.05) is 23.7 Å². The smallest absolute Gasteiger partial charge is 0.181 e. The monoisotopic (exact) mass is 436 g/mol. The predicted octanol–water partition coefficient (Wildman–Crippen LogP) is 6.72. The van der Waals surface area contributed by atoms with Crippen LogP contribution in [-0.2, 0) is 25.7 Å². The van der Waals surface area contributed by atoms with Crippen LogP contribution in [0.2, 0.25) is 5.02 Å². The molecular weight excluding hydrogens is 416 g/mol. The minimum atomic E-state index is -0.140. The molecule has 0 unspecified atom stereocenters. The molecule has 0 spiro atoms. The summed E-state index contributed by atoms with van der Waals surface area (Å²) in [5, 5.41) is 5.05. The van der Waals surface area contributed by atoms with Crippen molar-refractivity contribution in [3.63, 3.8) is 0 Å². The zero-order valence-corrected chi connectivity index (χ0v) is 18.3. The average molecular weight is 437 g/mol. The number of ether oxygens (including phenoxy) is 1. The van der Waals surface area contributed by atoms with Gasteiger partial charge in [0.1, 0.15) is 5.75 Å². The van der Waals surface area contributed by atoms with E-state index < -0.39 is 0 Å². The zero-order chi connectivity index (χ0) is 20.2. The van der Waals surface area contributed by atoms with Crippen LogP contribution >= 0.6 is 22.9 Å². The second-order valence-electron chi connectivity index (χ2n) is 8.07. The summed E-state index contributed by atoms with van der Waals surface area (Å²) in [6, 6.07) is 8.28. The van der Waals surface area contributed by atoms with Gasteiger partial charge in [-0.05, 0) is 56.4 Å². The van der Waals surface area contributed by atoms with Crippen LogP contribution in [0.4, 0.5) is 0 Å². The lowest BCUT2D eigenvalue weighted by atomic mass is 9.93. The fourth-order valence-electron chi connectivity index (χ4n) is 4.71. The summed E-state index contributed by atoms with van der Waals surface area (Å²) >= 11 is 8.34. The molecule has 0 radical (unpaired) electrons. The highest BCUT2D eigenvalue weighted by atomic mass is 35.5. The van der Waals surface area contributed by atoms with Crippen LogP contribution in [-0.4, -0.2) is 10.1 Å². The van der Waals surface area contributed by atoms with Crippen LogP contribution < -0.4 is 4.74 Å². The summed E-state index contributed by atoms with van der Waals surface area (Å²) in [6.45, 7) is 2.17. The van der Waals surface area contributed by atoms with Crippen molar-refractivity contribution in [2.75, 3.05) is 0 Å². The molecule has 0 fully saturated rings. The van der Waals surface area contributed by atoms with Gasteiger partial charge in [-0.15, -0.1) is 11.3 Å².